The van der Waals surface area contributed by atoms with E-state index in [1.165, 1.54) is 31.2 Å². The van der Waals surface area contributed by atoms with Crippen LogP contribution < -0.4 is 32.3 Å². The minimum Gasteiger partial charge on any atom is -0.508 e. The number of carboxylic acid groups (broad SMARTS) is 3. The SMILES string of the molecule is CC[C@H](C)[C@H](NC(=O)[C@H](CC(=O)O)NC(=O)[C@H](C)N)C(=O)N[C@@H](Cc1ccc(O)cc1)C(=O)N[C@H](C(=O)N[C@@H](CCC(=O)O)C(=O)O)[C@@H](C)O. The van der Waals surface area contributed by atoms with Crippen LogP contribution in [0.1, 0.15) is 58.9 Å². The molecule has 0 saturated heterocycles. The van der Waals surface area contributed by atoms with Crippen molar-refractivity contribution >= 4 is 47.4 Å². The van der Waals surface area contributed by atoms with Crippen LogP contribution in [0.4, 0.5) is 0 Å². The van der Waals surface area contributed by atoms with Crippen LogP contribution in [-0.2, 0) is 44.8 Å². The lowest BCUT2D eigenvalue weighted by atomic mass is 9.96. The van der Waals surface area contributed by atoms with Crippen molar-refractivity contribution in [3.05, 3.63) is 29.8 Å². The number of aromatic hydroxyl groups is 1. The number of hydrogen-bond acceptors (Lipinski definition) is 11. The Kier molecular flexibility index (Phi) is 17.3. The molecule has 0 bridgehead atoms. The number of phenols is 1. The van der Waals surface area contributed by atoms with E-state index in [1.807, 2.05) is 0 Å². The lowest BCUT2D eigenvalue weighted by molar-refractivity contribution is -0.144. The summed E-state index contributed by atoms with van der Waals surface area (Å²) >= 11 is 0. The van der Waals surface area contributed by atoms with Gasteiger partial charge in [0.1, 0.15) is 36.0 Å². The molecule has 0 unspecified atom stereocenters. The van der Waals surface area contributed by atoms with Crippen LogP contribution in [0.3, 0.4) is 0 Å². The molecule has 1 aromatic carbocycles. The molecule has 0 radical (unpaired) electrons. The van der Waals surface area contributed by atoms with Gasteiger partial charge in [-0.05, 0) is 43.9 Å². The van der Waals surface area contributed by atoms with Gasteiger partial charge < -0.3 is 57.9 Å². The molecule has 0 spiro atoms. The summed E-state index contributed by atoms with van der Waals surface area (Å²) in [6.45, 7) is 5.72. The smallest absolute Gasteiger partial charge is 0.326 e. The van der Waals surface area contributed by atoms with E-state index in [9.17, 15) is 58.8 Å². The van der Waals surface area contributed by atoms with Crippen molar-refractivity contribution < 1.29 is 63.9 Å². The molecule has 19 heteroatoms. The monoisotopic (exact) mass is 710 g/mol. The van der Waals surface area contributed by atoms with Crippen LogP contribution in [0.2, 0.25) is 0 Å². The first-order chi connectivity index (χ1) is 23.3. The quantitative estimate of drug-likeness (QED) is 0.0632. The first-order valence-electron chi connectivity index (χ1n) is 15.7. The number of aliphatic carboxylic acids is 3. The van der Waals surface area contributed by atoms with Crippen molar-refractivity contribution in [1.29, 1.82) is 0 Å². The molecule has 5 amide bonds. The van der Waals surface area contributed by atoms with Crippen LogP contribution >= 0.6 is 0 Å². The summed E-state index contributed by atoms with van der Waals surface area (Å²) in [5.41, 5.74) is 5.93. The predicted molar refractivity (Wildman–Crippen MR) is 173 cm³/mol. The maximum Gasteiger partial charge on any atom is 0.326 e. The molecular weight excluding hydrogens is 664 g/mol. The number of carbonyl (C=O) groups is 8. The molecule has 1 aromatic rings. The largest absolute Gasteiger partial charge is 0.508 e. The zero-order valence-electron chi connectivity index (χ0n) is 28.0. The van der Waals surface area contributed by atoms with Crippen molar-refractivity contribution in [2.45, 2.75) is 102 Å². The zero-order valence-corrected chi connectivity index (χ0v) is 28.0. The van der Waals surface area contributed by atoms with Gasteiger partial charge in [-0.15, -0.1) is 0 Å². The van der Waals surface area contributed by atoms with Crippen molar-refractivity contribution in [3.63, 3.8) is 0 Å². The Bertz CT molecular complexity index is 1390. The Morgan fingerprint density at radius 2 is 1.18 bits per heavy atom. The van der Waals surface area contributed by atoms with E-state index < -0.39 is 115 Å². The zero-order chi connectivity index (χ0) is 38.3. The molecule has 0 fully saturated rings. The van der Waals surface area contributed by atoms with Gasteiger partial charge in [0.15, 0.2) is 0 Å². The normalized spacial score (nSPS) is 15.7. The number of nitrogens with two attached hydrogens (primary N) is 1. The summed E-state index contributed by atoms with van der Waals surface area (Å²) in [4.78, 5) is 99.6. The number of carbonyl (C=O) groups excluding carboxylic acids is 5. The van der Waals surface area contributed by atoms with Gasteiger partial charge in [0.25, 0.3) is 0 Å². The van der Waals surface area contributed by atoms with Gasteiger partial charge in [0, 0.05) is 12.8 Å². The molecule has 0 aromatic heterocycles. The second-order valence-corrected chi connectivity index (χ2v) is 11.8. The highest BCUT2D eigenvalue weighted by Gasteiger charge is 2.36. The molecule has 12 N–H and O–H groups in total. The van der Waals surface area contributed by atoms with Gasteiger partial charge in [0.2, 0.25) is 29.5 Å². The molecule has 1 rings (SSSR count). The van der Waals surface area contributed by atoms with Crippen LogP contribution in [0, 0.1) is 5.92 Å². The highest BCUT2D eigenvalue weighted by Crippen LogP contribution is 2.14. The van der Waals surface area contributed by atoms with Gasteiger partial charge in [-0.3, -0.25) is 33.6 Å². The Morgan fingerprint density at radius 3 is 1.66 bits per heavy atom. The maximum atomic E-state index is 13.7. The van der Waals surface area contributed by atoms with Gasteiger partial charge in [-0.2, -0.15) is 0 Å². The fourth-order valence-electron chi connectivity index (χ4n) is 4.43. The minimum absolute atomic E-state index is 0.105. The number of hydrogen-bond donors (Lipinski definition) is 11. The van der Waals surface area contributed by atoms with Crippen LogP contribution in [0.5, 0.6) is 5.75 Å². The summed E-state index contributed by atoms with van der Waals surface area (Å²) in [5, 5.41) is 59.1. The fourth-order valence-corrected chi connectivity index (χ4v) is 4.43. The second-order valence-electron chi connectivity index (χ2n) is 11.8. The Balaban J connectivity index is 3.39. The minimum atomic E-state index is -1.77. The van der Waals surface area contributed by atoms with Crippen molar-refractivity contribution in [2.24, 2.45) is 11.7 Å². The summed E-state index contributed by atoms with van der Waals surface area (Å²) in [5.74, 6) is -10.00. The molecular formula is C31H46N6O13. The standard InChI is InChI=1S/C31H46N6O13/c1-5-14(2)24(36-28(46)21(13-23(42)43)34-26(44)15(3)32)29(47)35-20(12-17-6-8-18(39)9-7-17)27(45)37-25(16(4)38)30(48)33-19(31(49)50)10-11-22(40)41/h6-9,14-16,19-21,24-25,38-39H,5,10-13,32H2,1-4H3,(H,33,48)(H,34,44)(H,35,47)(H,36,46)(H,37,45)(H,40,41)(H,42,43)(H,49,50)/t14-,15-,16+,19-,20-,21-,24-,25-/m0/s1. The molecule has 50 heavy (non-hydrogen) atoms. The number of rotatable bonds is 21. The summed E-state index contributed by atoms with van der Waals surface area (Å²) in [6.07, 6.45) is -3.50. The second kappa shape index (κ2) is 20.3. The number of nitrogens with one attached hydrogen (secondary N) is 5. The Hall–Kier alpha value is -5.30. The third kappa shape index (κ3) is 14.4. The van der Waals surface area contributed by atoms with Gasteiger partial charge >= 0.3 is 17.9 Å². The number of carboxylic acids is 3. The number of phenolic OH excluding ortho intramolecular Hbond substituents is 1. The first kappa shape index (κ1) is 42.7. The highest BCUT2D eigenvalue weighted by molar-refractivity contribution is 5.97. The number of benzene rings is 1. The first-order valence-corrected chi connectivity index (χ1v) is 15.7. The predicted octanol–water partition coefficient (Wildman–Crippen LogP) is -2.44. The van der Waals surface area contributed by atoms with E-state index in [1.54, 1.807) is 13.8 Å². The van der Waals surface area contributed by atoms with E-state index in [-0.39, 0.29) is 12.2 Å². The fraction of sp³-hybridized carbons (Fsp3) is 0.548. The Labute approximate surface area is 287 Å². The number of amides is 5. The van der Waals surface area contributed by atoms with Crippen LogP contribution in [0.15, 0.2) is 24.3 Å². The van der Waals surface area contributed by atoms with E-state index in [0.717, 1.165) is 6.92 Å². The van der Waals surface area contributed by atoms with Gasteiger partial charge in [0.05, 0.1) is 18.6 Å². The van der Waals surface area contributed by atoms with E-state index >= 15 is 0 Å². The maximum absolute atomic E-state index is 13.7. The lowest BCUT2D eigenvalue weighted by Crippen LogP contribution is -2.62. The average Bonchev–Trinajstić information content (AvgIpc) is 3.03. The molecule has 0 saturated carbocycles. The van der Waals surface area contributed by atoms with E-state index in [4.69, 9.17) is 10.8 Å². The van der Waals surface area contributed by atoms with Gasteiger partial charge in [-0.1, -0.05) is 32.4 Å². The molecule has 0 aliphatic heterocycles. The Morgan fingerprint density at radius 1 is 0.680 bits per heavy atom. The van der Waals surface area contributed by atoms with E-state index in [2.05, 4.69) is 26.6 Å². The highest BCUT2D eigenvalue weighted by atomic mass is 16.4. The average molecular weight is 711 g/mol. The molecule has 0 aliphatic carbocycles. The van der Waals surface area contributed by atoms with Gasteiger partial charge in [-0.25, -0.2) is 4.79 Å². The van der Waals surface area contributed by atoms with Crippen molar-refractivity contribution in [1.82, 2.24) is 26.6 Å². The third-order valence-corrected chi connectivity index (χ3v) is 7.55. The number of aliphatic hydroxyl groups excluding tert-OH is 1. The van der Waals surface area contributed by atoms with Crippen molar-refractivity contribution in [2.75, 3.05) is 0 Å². The summed E-state index contributed by atoms with van der Waals surface area (Å²) in [6, 6.07) is -3.55. The molecule has 8 atom stereocenters. The van der Waals surface area contributed by atoms with E-state index in [0.29, 0.717) is 12.0 Å². The third-order valence-electron chi connectivity index (χ3n) is 7.55. The summed E-state index contributed by atoms with van der Waals surface area (Å²) in [7, 11) is 0. The van der Waals surface area contributed by atoms with Crippen LogP contribution in [-0.4, -0.2) is 115 Å². The van der Waals surface area contributed by atoms with Crippen molar-refractivity contribution in [3.8, 4) is 5.75 Å². The lowest BCUT2D eigenvalue weighted by Gasteiger charge is -2.29. The van der Waals surface area contributed by atoms with Crippen LogP contribution in [0.25, 0.3) is 0 Å². The molecule has 278 valence electrons. The molecule has 0 aliphatic rings. The molecule has 0 heterocycles. The topological polar surface area (TPSA) is 324 Å². The number of aliphatic hydroxyl groups is 1. The summed E-state index contributed by atoms with van der Waals surface area (Å²) < 4.78 is 0. The molecule has 19 nitrogen and oxygen atoms in total.